The molecule has 1 N–H and O–H groups in total. The maximum atomic E-state index is 12.9. The summed E-state index contributed by atoms with van der Waals surface area (Å²) in [5.41, 5.74) is 1.07. The molecule has 0 saturated carbocycles. The molecule has 0 aliphatic rings. The van der Waals surface area contributed by atoms with E-state index in [1.54, 1.807) is 21.8 Å². The smallest absolute Gasteiger partial charge is 0.272 e. The number of benzene rings is 1. The highest BCUT2D eigenvalue weighted by Crippen LogP contribution is 2.17. The third-order valence-corrected chi connectivity index (χ3v) is 4.10. The maximum absolute atomic E-state index is 12.9. The van der Waals surface area contributed by atoms with Crippen molar-refractivity contribution in [1.29, 1.82) is 0 Å². The van der Waals surface area contributed by atoms with Gasteiger partial charge >= 0.3 is 0 Å². The minimum atomic E-state index is -0.724. The molecule has 0 unspecified atom stereocenters. The molecule has 6 nitrogen and oxygen atoms in total. The monoisotopic (exact) mass is 342 g/mol. The Balaban J connectivity index is 2.26. The number of carbonyl (C=O) groups is 2. The first-order valence-corrected chi connectivity index (χ1v) is 8.67. The summed E-state index contributed by atoms with van der Waals surface area (Å²) >= 11 is 0. The molecule has 2 aromatic rings. The van der Waals surface area contributed by atoms with Crippen molar-refractivity contribution in [2.45, 2.75) is 39.8 Å². The first kappa shape index (κ1) is 18.7. The third-order valence-electron chi connectivity index (χ3n) is 4.10. The van der Waals surface area contributed by atoms with Crippen LogP contribution in [0.3, 0.4) is 0 Å². The van der Waals surface area contributed by atoms with Gasteiger partial charge in [0.1, 0.15) is 11.7 Å². The molecule has 25 heavy (non-hydrogen) atoms. The summed E-state index contributed by atoms with van der Waals surface area (Å²) in [6.07, 6.45) is 1.77. The quantitative estimate of drug-likeness (QED) is 0.841. The molecule has 0 bridgehead atoms. The molecule has 1 atom stereocenters. The second kappa shape index (κ2) is 8.46. The van der Waals surface area contributed by atoms with Gasteiger partial charge in [-0.25, -0.2) is 0 Å². The number of hydrogen-bond acceptors (Lipinski definition) is 3. The summed E-state index contributed by atoms with van der Waals surface area (Å²) in [6.45, 7) is 9.02. The van der Waals surface area contributed by atoms with Crippen molar-refractivity contribution in [1.82, 2.24) is 20.0 Å². The largest absolute Gasteiger partial charge is 0.341 e. The second-order valence-corrected chi connectivity index (χ2v) is 6.10. The Morgan fingerprint density at radius 3 is 2.28 bits per heavy atom. The predicted molar refractivity (Wildman–Crippen MR) is 97.2 cm³/mol. The number of likely N-dealkylation sites (N-methyl/N-ethyl adjacent to an activating group) is 1. The number of carbonyl (C=O) groups excluding carboxylic acids is 2. The molecule has 0 spiro atoms. The van der Waals surface area contributed by atoms with Crippen LogP contribution in [0.1, 0.15) is 55.8 Å². The minimum Gasteiger partial charge on any atom is -0.341 e. The molecule has 0 saturated heterocycles. The van der Waals surface area contributed by atoms with Crippen LogP contribution < -0.4 is 5.32 Å². The number of hydrogen-bond donors (Lipinski definition) is 1. The number of nitrogens with one attached hydrogen (secondary N) is 1. The topological polar surface area (TPSA) is 67.2 Å². The van der Waals surface area contributed by atoms with Gasteiger partial charge in [-0.1, -0.05) is 30.3 Å². The highest BCUT2D eigenvalue weighted by atomic mass is 16.2. The highest BCUT2D eigenvalue weighted by Gasteiger charge is 2.27. The summed E-state index contributed by atoms with van der Waals surface area (Å²) in [5, 5.41) is 7.13. The van der Waals surface area contributed by atoms with E-state index in [1.807, 2.05) is 58.0 Å². The molecule has 134 valence electrons. The van der Waals surface area contributed by atoms with Crippen LogP contribution in [0.5, 0.6) is 0 Å². The molecule has 1 aromatic heterocycles. The minimum absolute atomic E-state index is 0.118. The van der Waals surface area contributed by atoms with Gasteiger partial charge in [0, 0.05) is 25.3 Å². The molecular weight excluding hydrogens is 316 g/mol. The standard InChI is InChI=1S/C19H26N4O2/c1-5-22(6-2)19(25)17(15-10-8-7-9-11-15)20-18(24)16-12-13-23(21-16)14(3)4/h7-14,17H,5-6H2,1-4H3,(H,20,24)/t17-/m1/s1. The average Bonchev–Trinajstić information content (AvgIpc) is 3.11. The van der Waals surface area contributed by atoms with Gasteiger partial charge in [-0.3, -0.25) is 14.3 Å². The van der Waals surface area contributed by atoms with E-state index in [9.17, 15) is 9.59 Å². The fraction of sp³-hybridized carbons (Fsp3) is 0.421. The molecule has 2 rings (SSSR count). The Morgan fingerprint density at radius 2 is 1.76 bits per heavy atom. The van der Waals surface area contributed by atoms with E-state index in [0.717, 1.165) is 5.56 Å². The zero-order valence-corrected chi connectivity index (χ0v) is 15.3. The van der Waals surface area contributed by atoms with Crippen LogP contribution in [-0.4, -0.2) is 39.6 Å². The zero-order chi connectivity index (χ0) is 18.4. The van der Waals surface area contributed by atoms with Crippen molar-refractivity contribution in [2.75, 3.05) is 13.1 Å². The highest BCUT2D eigenvalue weighted by molar-refractivity contribution is 5.96. The molecule has 1 aromatic carbocycles. The molecule has 0 aliphatic heterocycles. The summed E-state index contributed by atoms with van der Waals surface area (Å²) < 4.78 is 1.72. The molecule has 0 aliphatic carbocycles. The number of rotatable bonds is 7. The van der Waals surface area contributed by atoms with Gasteiger partial charge in [0.2, 0.25) is 5.91 Å². The Morgan fingerprint density at radius 1 is 1.12 bits per heavy atom. The number of aromatic nitrogens is 2. The first-order valence-electron chi connectivity index (χ1n) is 8.67. The van der Waals surface area contributed by atoms with Gasteiger partial charge in [-0.2, -0.15) is 5.10 Å². The van der Waals surface area contributed by atoms with Crippen LogP contribution in [0.4, 0.5) is 0 Å². The molecule has 2 amide bonds. The van der Waals surface area contributed by atoms with Crippen molar-refractivity contribution in [3.05, 3.63) is 53.9 Å². The van der Waals surface area contributed by atoms with Crippen LogP contribution in [-0.2, 0) is 4.79 Å². The molecule has 0 radical (unpaired) electrons. The zero-order valence-electron chi connectivity index (χ0n) is 15.3. The van der Waals surface area contributed by atoms with Gasteiger partial charge in [0.05, 0.1) is 0 Å². The van der Waals surface area contributed by atoms with Crippen LogP contribution >= 0.6 is 0 Å². The van der Waals surface area contributed by atoms with Crippen molar-refractivity contribution in [3.63, 3.8) is 0 Å². The number of nitrogens with zero attached hydrogens (tertiary/aromatic N) is 3. The fourth-order valence-corrected chi connectivity index (χ4v) is 2.60. The van der Waals surface area contributed by atoms with Crippen molar-refractivity contribution < 1.29 is 9.59 Å². The Labute approximate surface area is 148 Å². The maximum Gasteiger partial charge on any atom is 0.272 e. The lowest BCUT2D eigenvalue weighted by Gasteiger charge is -2.26. The number of amides is 2. The van der Waals surface area contributed by atoms with Crippen LogP contribution in [0.15, 0.2) is 42.6 Å². The fourth-order valence-electron chi connectivity index (χ4n) is 2.60. The normalized spacial score (nSPS) is 12.0. The van der Waals surface area contributed by atoms with Gasteiger partial charge in [-0.05, 0) is 39.3 Å². The Hall–Kier alpha value is -2.63. The van der Waals surface area contributed by atoms with E-state index in [2.05, 4.69) is 10.4 Å². The van der Waals surface area contributed by atoms with Crippen LogP contribution in [0, 0.1) is 0 Å². The van der Waals surface area contributed by atoms with Crippen molar-refractivity contribution >= 4 is 11.8 Å². The van der Waals surface area contributed by atoms with Gasteiger partial charge in [0.25, 0.3) is 5.91 Å². The summed E-state index contributed by atoms with van der Waals surface area (Å²) in [7, 11) is 0. The van der Waals surface area contributed by atoms with E-state index < -0.39 is 6.04 Å². The van der Waals surface area contributed by atoms with E-state index in [-0.39, 0.29) is 17.9 Å². The summed E-state index contributed by atoms with van der Waals surface area (Å²) in [4.78, 5) is 27.2. The SMILES string of the molecule is CCN(CC)C(=O)[C@H](NC(=O)c1ccn(C(C)C)n1)c1ccccc1. The van der Waals surface area contributed by atoms with E-state index in [4.69, 9.17) is 0 Å². The van der Waals surface area contributed by atoms with Gasteiger partial charge < -0.3 is 10.2 Å². The van der Waals surface area contributed by atoms with Crippen molar-refractivity contribution in [2.24, 2.45) is 0 Å². The lowest BCUT2D eigenvalue weighted by molar-refractivity contribution is -0.133. The van der Waals surface area contributed by atoms with Crippen LogP contribution in [0.2, 0.25) is 0 Å². The molecule has 1 heterocycles. The van der Waals surface area contributed by atoms with Gasteiger partial charge in [-0.15, -0.1) is 0 Å². The second-order valence-electron chi connectivity index (χ2n) is 6.10. The Bertz CT molecular complexity index is 705. The van der Waals surface area contributed by atoms with E-state index in [0.29, 0.717) is 18.8 Å². The Kier molecular flexibility index (Phi) is 6.33. The van der Waals surface area contributed by atoms with E-state index in [1.165, 1.54) is 0 Å². The molecule has 0 fully saturated rings. The van der Waals surface area contributed by atoms with Crippen molar-refractivity contribution in [3.8, 4) is 0 Å². The predicted octanol–water partition coefficient (Wildman–Crippen LogP) is 2.80. The average molecular weight is 342 g/mol. The van der Waals surface area contributed by atoms with Gasteiger partial charge in [0.15, 0.2) is 0 Å². The third kappa shape index (κ3) is 4.47. The van der Waals surface area contributed by atoms with E-state index >= 15 is 0 Å². The molecular formula is C19H26N4O2. The lowest BCUT2D eigenvalue weighted by atomic mass is 10.1. The summed E-state index contributed by atoms with van der Waals surface area (Å²) in [5.74, 6) is -0.471. The lowest BCUT2D eigenvalue weighted by Crippen LogP contribution is -2.43. The molecule has 6 heteroatoms. The first-order chi connectivity index (χ1) is 12.0. The summed E-state index contributed by atoms with van der Waals surface area (Å²) in [6, 6.07) is 10.4. The van der Waals surface area contributed by atoms with Crippen LogP contribution in [0.25, 0.3) is 0 Å².